The topological polar surface area (TPSA) is 106 Å². The van der Waals surface area contributed by atoms with E-state index in [2.05, 4.69) is 10.3 Å². The van der Waals surface area contributed by atoms with Gasteiger partial charge in [-0.3, -0.25) is 0 Å². The van der Waals surface area contributed by atoms with Crippen molar-refractivity contribution in [1.82, 2.24) is 10.7 Å². The number of aliphatic imine (C=N–C) groups is 1. The Morgan fingerprint density at radius 2 is 2.29 bits per heavy atom. The van der Waals surface area contributed by atoms with E-state index < -0.39 is 5.03 Å². The fraction of sp³-hybridized carbons (Fsp3) is 0.300. The quantitative estimate of drug-likeness (QED) is 0.309. The van der Waals surface area contributed by atoms with E-state index in [9.17, 15) is 10.1 Å². The second kappa shape index (κ2) is 5.80. The lowest BCUT2D eigenvalue weighted by molar-refractivity contribution is -0.525. The molecule has 0 heterocycles. The lowest BCUT2D eigenvalue weighted by atomic mass is 10.1. The van der Waals surface area contributed by atoms with E-state index in [-0.39, 0.29) is 12.0 Å². The predicted molar refractivity (Wildman–Crippen MR) is 65.3 cm³/mol. The summed E-state index contributed by atoms with van der Waals surface area (Å²) in [6.07, 6.45) is 0. The molecule has 0 aromatic heterocycles. The molecule has 4 N–H and O–H groups in total. The molecule has 0 aliphatic carbocycles. The maximum Gasteiger partial charge on any atom is 0.256 e. The molecule has 92 valence electrons. The zero-order valence-corrected chi connectivity index (χ0v) is 9.68. The molecule has 1 aromatic carbocycles. The smallest absolute Gasteiger partial charge is 0.256 e. The maximum atomic E-state index is 10.1. The number of benzene rings is 1. The normalized spacial score (nSPS) is 13.2. The van der Waals surface area contributed by atoms with Crippen molar-refractivity contribution in [2.75, 3.05) is 7.05 Å². The van der Waals surface area contributed by atoms with Crippen molar-refractivity contribution in [3.8, 4) is 0 Å². The molecule has 0 saturated carbocycles. The molecule has 17 heavy (non-hydrogen) atoms. The average molecular weight is 237 g/mol. The Kier molecular flexibility index (Phi) is 4.41. The van der Waals surface area contributed by atoms with Crippen LogP contribution in [0, 0.1) is 10.1 Å². The molecule has 0 saturated heterocycles. The monoisotopic (exact) mass is 237 g/mol. The zero-order valence-electron chi connectivity index (χ0n) is 9.68. The first kappa shape index (κ1) is 12.9. The Morgan fingerprint density at radius 1 is 1.59 bits per heavy atom. The minimum absolute atomic E-state index is 0.176. The van der Waals surface area contributed by atoms with Gasteiger partial charge in [0.2, 0.25) is 0 Å². The molecule has 0 aliphatic heterocycles. The fourth-order valence-corrected chi connectivity index (χ4v) is 1.29. The highest BCUT2D eigenvalue weighted by atomic mass is 16.7. The molecule has 0 spiro atoms. The summed E-state index contributed by atoms with van der Waals surface area (Å²) in [5, 5.41) is 12.5. The van der Waals surface area contributed by atoms with Crippen LogP contribution in [0.25, 0.3) is 0 Å². The first-order valence-electron chi connectivity index (χ1n) is 5.05. The molecule has 1 rings (SSSR count). The van der Waals surface area contributed by atoms with Crippen molar-refractivity contribution in [3.05, 3.63) is 39.9 Å². The van der Waals surface area contributed by atoms with Crippen molar-refractivity contribution in [1.29, 1.82) is 0 Å². The summed E-state index contributed by atoms with van der Waals surface area (Å²) in [4.78, 5) is 14.0. The SMILES string of the molecule is CNC(C)c1cccc(N=C(N)N[N+](=O)[O-])c1. The van der Waals surface area contributed by atoms with Crippen LogP contribution < -0.4 is 16.5 Å². The number of guanidine groups is 1. The molecule has 0 aliphatic rings. The van der Waals surface area contributed by atoms with Crippen LogP contribution in [0.3, 0.4) is 0 Å². The van der Waals surface area contributed by atoms with Crippen LogP contribution in [-0.2, 0) is 0 Å². The average Bonchev–Trinajstić information content (AvgIpc) is 2.27. The van der Waals surface area contributed by atoms with Crippen LogP contribution in [0.2, 0.25) is 0 Å². The van der Waals surface area contributed by atoms with Crippen molar-refractivity contribution in [2.45, 2.75) is 13.0 Å². The summed E-state index contributed by atoms with van der Waals surface area (Å²) in [5.41, 5.74) is 8.73. The van der Waals surface area contributed by atoms with Crippen molar-refractivity contribution < 1.29 is 5.03 Å². The molecule has 1 atom stereocenters. The number of nitrogens with one attached hydrogen (secondary N) is 2. The van der Waals surface area contributed by atoms with E-state index in [1.807, 2.05) is 32.2 Å². The van der Waals surface area contributed by atoms with Crippen LogP contribution >= 0.6 is 0 Å². The van der Waals surface area contributed by atoms with E-state index in [4.69, 9.17) is 5.73 Å². The zero-order chi connectivity index (χ0) is 12.8. The van der Waals surface area contributed by atoms with Crippen LogP contribution in [0.4, 0.5) is 5.69 Å². The number of hydrogen-bond acceptors (Lipinski definition) is 4. The third-order valence-corrected chi connectivity index (χ3v) is 2.26. The van der Waals surface area contributed by atoms with Crippen molar-refractivity contribution >= 4 is 11.6 Å². The van der Waals surface area contributed by atoms with E-state index in [1.165, 1.54) is 0 Å². The van der Waals surface area contributed by atoms with Gasteiger partial charge >= 0.3 is 0 Å². The van der Waals surface area contributed by atoms with Gasteiger partial charge in [-0.25, -0.2) is 15.1 Å². The van der Waals surface area contributed by atoms with Crippen LogP contribution in [0.5, 0.6) is 0 Å². The molecule has 7 nitrogen and oxygen atoms in total. The van der Waals surface area contributed by atoms with Gasteiger partial charge in [0.1, 0.15) is 0 Å². The van der Waals surface area contributed by atoms with Crippen LogP contribution in [0.1, 0.15) is 18.5 Å². The lowest BCUT2D eigenvalue weighted by Crippen LogP contribution is -2.35. The predicted octanol–water partition coefficient (Wildman–Crippen LogP) is 0.695. The molecular weight excluding hydrogens is 222 g/mol. The van der Waals surface area contributed by atoms with Crippen LogP contribution in [-0.4, -0.2) is 18.0 Å². The van der Waals surface area contributed by atoms with E-state index in [1.54, 1.807) is 11.5 Å². The molecule has 0 bridgehead atoms. The number of hydrogen-bond donors (Lipinski definition) is 3. The van der Waals surface area contributed by atoms with E-state index >= 15 is 0 Å². The number of rotatable bonds is 4. The molecule has 0 radical (unpaired) electrons. The third kappa shape index (κ3) is 4.07. The standard InChI is InChI=1S/C10H15N5O2/c1-7(12-2)8-4-3-5-9(6-8)13-10(11)14-15(16)17/h3-7,12H,1-2H3,(H3,11,13,14). The lowest BCUT2D eigenvalue weighted by Gasteiger charge is -2.10. The fourth-order valence-electron chi connectivity index (χ4n) is 1.29. The maximum absolute atomic E-state index is 10.1. The Hall–Kier alpha value is -2.15. The van der Waals surface area contributed by atoms with Gasteiger partial charge in [0.05, 0.1) is 5.69 Å². The minimum atomic E-state index is -0.751. The molecule has 7 heteroatoms. The third-order valence-electron chi connectivity index (χ3n) is 2.26. The number of nitro groups is 1. The van der Waals surface area contributed by atoms with Crippen molar-refractivity contribution in [2.24, 2.45) is 10.7 Å². The largest absolute Gasteiger partial charge is 0.365 e. The van der Waals surface area contributed by atoms with Gasteiger partial charge in [-0.1, -0.05) is 17.6 Å². The van der Waals surface area contributed by atoms with Gasteiger partial charge in [0, 0.05) is 6.04 Å². The Morgan fingerprint density at radius 3 is 2.88 bits per heavy atom. The highest BCUT2D eigenvalue weighted by Crippen LogP contribution is 2.18. The van der Waals surface area contributed by atoms with E-state index in [0.717, 1.165) is 5.56 Å². The van der Waals surface area contributed by atoms with Crippen molar-refractivity contribution in [3.63, 3.8) is 0 Å². The van der Waals surface area contributed by atoms with E-state index in [0.29, 0.717) is 5.69 Å². The summed E-state index contributed by atoms with van der Waals surface area (Å²) in [6.45, 7) is 2.00. The van der Waals surface area contributed by atoms with Gasteiger partial charge in [-0.05, 0) is 31.7 Å². The molecule has 1 unspecified atom stereocenters. The molecular formula is C10H15N5O2. The molecule has 0 amide bonds. The molecule has 1 aromatic rings. The molecule has 0 fully saturated rings. The van der Waals surface area contributed by atoms with Crippen LogP contribution in [0.15, 0.2) is 29.3 Å². The highest BCUT2D eigenvalue weighted by molar-refractivity contribution is 5.79. The van der Waals surface area contributed by atoms with Gasteiger partial charge in [0.15, 0.2) is 5.03 Å². The Labute approximate surface area is 98.8 Å². The number of hydrazine groups is 1. The summed E-state index contributed by atoms with van der Waals surface area (Å²) >= 11 is 0. The van der Waals surface area contributed by atoms with Gasteiger partial charge in [0.25, 0.3) is 5.96 Å². The summed E-state index contributed by atoms with van der Waals surface area (Å²) in [5.74, 6) is -0.246. The van der Waals surface area contributed by atoms with Gasteiger partial charge < -0.3 is 11.1 Å². The first-order valence-corrected chi connectivity index (χ1v) is 5.05. The summed E-state index contributed by atoms with van der Waals surface area (Å²) < 4.78 is 0. The first-order chi connectivity index (χ1) is 8.02. The number of nitrogens with zero attached hydrogens (tertiary/aromatic N) is 2. The Balaban J connectivity index is 2.88. The summed E-state index contributed by atoms with van der Waals surface area (Å²) in [6, 6.07) is 7.48. The second-order valence-electron chi connectivity index (χ2n) is 3.47. The Bertz CT molecular complexity index is 432. The van der Waals surface area contributed by atoms with Gasteiger partial charge in [-0.15, -0.1) is 0 Å². The summed E-state index contributed by atoms with van der Waals surface area (Å²) in [7, 11) is 1.85. The number of nitrogens with two attached hydrogens (primary N) is 1. The minimum Gasteiger partial charge on any atom is -0.365 e. The second-order valence-corrected chi connectivity index (χ2v) is 3.47. The van der Waals surface area contributed by atoms with Gasteiger partial charge in [-0.2, -0.15) is 0 Å². The highest BCUT2D eigenvalue weighted by Gasteiger charge is 2.04.